The largest absolute Gasteiger partial charge is 0.314 e. The second-order valence-electron chi connectivity index (χ2n) is 5.24. The van der Waals surface area contributed by atoms with Crippen LogP contribution in [0.2, 0.25) is 10.0 Å². The van der Waals surface area contributed by atoms with E-state index in [0.717, 1.165) is 12.3 Å². The molecule has 1 saturated heterocycles. The van der Waals surface area contributed by atoms with E-state index >= 15 is 0 Å². The van der Waals surface area contributed by atoms with Gasteiger partial charge in [0.05, 0.1) is 10.0 Å². The van der Waals surface area contributed by atoms with Crippen molar-refractivity contribution in [1.29, 1.82) is 0 Å². The fraction of sp³-hybridized carbons (Fsp3) is 0.600. The predicted molar refractivity (Wildman–Crippen MR) is 79.6 cm³/mol. The first-order valence-electron chi connectivity index (χ1n) is 6.86. The molecule has 0 amide bonds. The molecule has 1 aromatic rings. The third kappa shape index (κ3) is 3.88. The minimum absolute atomic E-state index is 0.641. The summed E-state index contributed by atoms with van der Waals surface area (Å²) in [4.78, 5) is 0. The van der Waals surface area contributed by atoms with Crippen molar-refractivity contribution in [1.82, 2.24) is 5.32 Å². The van der Waals surface area contributed by atoms with Crippen LogP contribution >= 0.6 is 23.2 Å². The summed E-state index contributed by atoms with van der Waals surface area (Å²) in [5.41, 5.74) is 1.28. The van der Waals surface area contributed by atoms with Gasteiger partial charge in [0, 0.05) is 6.04 Å². The Balaban J connectivity index is 1.85. The van der Waals surface area contributed by atoms with Gasteiger partial charge in [-0.25, -0.2) is 0 Å². The Morgan fingerprint density at radius 3 is 2.83 bits per heavy atom. The summed E-state index contributed by atoms with van der Waals surface area (Å²) in [6.07, 6.45) is 6.22. The number of halogens is 2. The van der Waals surface area contributed by atoms with Gasteiger partial charge in [-0.15, -0.1) is 0 Å². The Labute approximate surface area is 120 Å². The number of hydrogen-bond donors (Lipinski definition) is 1. The Kier molecular flexibility index (Phi) is 5.35. The maximum atomic E-state index is 6.03. The zero-order valence-electron chi connectivity index (χ0n) is 10.9. The average Bonchev–Trinajstić information content (AvgIpc) is 2.40. The summed E-state index contributed by atoms with van der Waals surface area (Å²) in [5, 5.41) is 4.93. The molecule has 100 valence electrons. The van der Waals surface area contributed by atoms with Crippen LogP contribution in [0.15, 0.2) is 18.2 Å². The van der Waals surface area contributed by atoms with Crippen molar-refractivity contribution in [3.8, 4) is 0 Å². The third-order valence-corrected chi connectivity index (χ3v) is 4.69. The van der Waals surface area contributed by atoms with Crippen LogP contribution in [0.5, 0.6) is 0 Å². The van der Waals surface area contributed by atoms with Crippen molar-refractivity contribution in [2.24, 2.45) is 5.92 Å². The normalized spacial score (nSPS) is 24.2. The molecule has 0 aliphatic carbocycles. The van der Waals surface area contributed by atoms with Gasteiger partial charge in [-0.3, -0.25) is 0 Å². The van der Waals surface area contributed by atoms with Gasteiger partial charge in [-0.2, -0.15) is 0 Å². The van der Waals surface area contributed by atoms with E-state index in [4.69, 9.17) is 23.2 Å². The Bertz CT molecular complexity index is 392. The summed E-state index contributed by atoms with van der Waals surface area (Å²) >= 11 is 12.0. The van der Waals surface area contributed by atoms with Crippen molar-refractivity contribution < 1.29 is 0 Å². The number of hydrogen-bond acceptors (Lipinski definition) is 1. The van der Waals surface area contributed by atoms with Crippen LogP contribution in [0.4, 0.5) is 0 Å². The SMILES string of the molecule is CCC1CCNC(CCc2ccc(Cl)c(Cl)c2)C1. The number of piperidine rings is 1. The Hall–Kier alpha value is -0.240. The lowest BCUT2D eigenvalue weighted by molar-refractivity contribution is 0.285. The highest BCUT2D eigenvalue weighted by atomic mass is 35.5. The van der Waals surface area contributed by atoms with Crippen molar-refractivity contribution in [2.45, 2.75) is 45.1 Å². The Morgan fingerprint density at radius 2 is 2.11 bits per heavy atom. The van der Waals surface area contributed by atoms with Crippen LogP contribution < -0.4 is 5.32 Å². The van der Waals surface area contributed by atoms with Gasteiger partial charge in [-0.1, -0.05) is 42.6 Å². The van der Waals surface area contributed by atoms with Crippen molar-refractivity contribution in [2.75, 3.05) is 6.54 Å². The summed E-state index contributed by atoms with van der Waals surface area (Å²) in [5.74, 6) is 0.907. The lowest BCUT2D eigenvalue weighted by Crippen LogP contribution is -2.38. The molecular weight excluding hydrogens is 265 g/mol. The molecule has 1 nitrogen and oxygen atoms in total. The molecule has 0 saturated carbocycles. The van der Waals surface area contributed by atoms with Crippen LogP contribution in [0.3, 0.4) is 0 Å². The topological polar surface area (TPSA) is 12.0 Å². The maximum Gasteiger partial charge on any atom is 0.0595 e. The molecular formula is C15H21Cl2N. The summed E-state index contributed by atoms with van der Waals surface area (Å²) in [6.45, 7) is 3.47. The fourth-order valence-electron chi connectivity index (χ4n) is 2.72. The van der Waals surface area contributed by atoms with Crippen LogP contribution in [0, 0.1) is 5.92 Å². The number of nitrogens with one attached hydrogen (secondary N) is 1. The van der Waals surface area contributed by atoms with E-state index in [1.54, 1.807) is 0 Å². The summed E-state index contributed by atoms with van der Waals surface area (Å²) < 4.78 is 0. The van der Waals surface area contributed by atoms with E-state index in [1.807, 2.05) is 12.1 Å². The molecule has 0 radical (unpaired) electrons. The van der Waals surface area contributed by atoms with E-state index in [-0.39, 0.29) is 0 Å². The molecule has 2 unspecified atom stereocenters. The van der Waals surface area contributed by atoms with E-state index in [9.17, 15) is 0 Å². The minimum Gasteiger partial charge on any atom is -0.314 e. The van der Waals surface area contributed by atoms with Crippen LogP contribution in [0.25, 0.3) is 0 Å². The fourth-order valence-corrected chi connectivity index (χ4v) is 3.04. The summed E-state index contributed by atoms with van der Waals surface area (Å²) in [7, 11) is 0. The van der Waals surface area contributed by atoms with Crippen LogP contribution in [-0.4, -0.2) is 12.6 Å². The standard InChI is InChI=1S/C15H21Cl2N/c1-2-11-7-8-18-13(9-11)5-3-12-4-6-14(16)15(17)10-12/h4,6,10-11,13,18H,2-3,5,7-9H2,1H3. The first kappa shape index (κ1) is 14.2. The van der Waals surface area contributed by atoms with Crippen LogP contribution in [0.1, 0.15) is 38.2 Å². The third-order valence-electron chi connectivity index (χ3n) is 3.95. The molecule has 1 N–H and O–H groups in total. The number of rotatable bonds is 4. The van der Waals surface area contributed by atoms with Crippen LogP contribution in [-0.2, 0) is 6.42 Å². The molecule has 1 heterocycles. The van der Waals surface area contributed by atoms with Crippen molar-refractivity contribution in [3.05, 3.63) is 33.8 Å². The predicted octanol–water partition coefficient (Wildman–Crippen LogP) is 4.70. The van der Waals surface area contributed by atoms with Gasteiger partial charge in [0.25, 0.3) is 0 Å². The molecule has 2 atom stereocenters. The van der Waals surface area contributed by atoms with E-state index < -0.39 is 0 Å². The maximum absolute atomic E-state index is 6.03. The monoisotopic (exact) mass is 285 g/mol. The lowest BCUT2D eigenvalue weighted by atomic mass is 9.88. The lowest BCUT2D eigenvalue weighted by Gasteiger charge is -2.29. The van der Waals surface area contributed by atoms with Gasteiger partial charge in [-0.05, 0) is 55.8 Å². The quantitative estimate of drug-likeness (QED) is 0.845. The van der Waals surface area contributed by atoms with Gasteiger partial charge >= 0.3 is 0 Å². The van der Waals surface area contributed by atoms with Gasteiger partial charge in [0.1, 0.15) is 0 Å². The van der Waals surface area contributed by atoms with Crippen molar-refractivity contribution >= 4 is 23.2 Å². The highest BCUT2D eigenvalue weighted by molar-refractivity contribution is 6.42. The van der Waals surface area contributed by atoms with Crippen molar-refractivity contribution in [3.63, 3.8) is 0 Å². The second kappa shape index (κ2) is 6.79. The molecule has 1 aliphatic heterocycles. The molecule has 1 fully saturated rings. The first-order chi connectivity index (χ1) is 8.69. The Morgan fingerprint density at radius 1 is 1.28 bits per heavy atom. The zero-order valence-corrected chi connectivity index (χ0v) is 12.4. The molecule has 3 heteroatoms. The molecule has 1 aliphatic rings. The number of benzene rings is 1. The molecule has 1 aromatic carbocycles. The highest BCUT2D eigenvalue weighted by Crippen LogP contribution is 2.25. The van der Waals surface area contributed by atoms with E-state index in [0.29, 0.717) is 16.1 Å². The average molecular weight is 286 g/mol. The molecule has 2 rings (SSSR count). The first-order valence-corrected chi connectivity index (χ1v) is 7.62. The van der Waals surface area contributed by atoms with Gasteiger partial charge in [0.15, 0.2) is 0 Å². The van der Waals surface area contributed by atoms with Gasteiger partial charge in [0.2, 0.25) is 0 Å². The minimum atomic E-state index is 0.641. The van der Waals surface area contributed by atoms with Gasteiger partial charge < -0.3 is 5.32 Å². The highest BCUT2D eigenvalue weighted by Gasteiger charge is 2.19. The molecule has 18 heavy (non-hydrogen) atoms. The second-order valence-corrected chi connectivity index (χ2v) is 6.05. The van der Waals surface area contributed by atoms with E-state index in [1.165, 1.54) is 37.8 Å². The number of aryl methyl sites for hydroxylation is 1. The molecule has 0 bridgehead atoms. The summed E-state index contributed by atoms with van der Waals surface area (Å²) in [6, 6.07) is 6.62. The molecule has 0 aromatic heterocycles. The van der Waals surface area contributed by atoms with E-state index in [2.05, 4.69) is 18.3 Å². The molecule has 0 spiro atoms. The zero-order chi connectivity index (χ0) is 13.0. The smallest absolute Gasteiger partial charge is 0.0595 e.